The number of rotatable bonds is 4. The molecule has 2 aromatic rings. The molecule has 2 N–H and O–H groups in total. The van der Waals surface area contributed by atoms with Gasteiger partial charge in [0.2, 0.25) is 0 Å². The quantitative estimate of drug-likeness (QED) is 0.646. The molecule has 138 valence electrons. The zero-order valence-electron chi connectivity index (χ0n) is 14.9. The van der Waals surface area contributed by atoms with E-state index in [2.05, 4.69) is 15.2 Å². The fourth-order valence-corrected chi connectivity index (χ4v) is 2.87. The van der Waals surface area contributed by atoms with Crippen molar-refractivity contribution in [2.24, 2.45) is 4.99 Å². The molecule has 1 aliphatic heterocycles. The summed E-state index contributed by atoms with van der Waals surface area (Å²) >= 11 is 0. The Balaban J connectivity index is 1.60. The van der Waals surface area contributed by atoms with Gasteiger partial charge < -0.3 is 24.6 Å². The monoisotopic (exact) mass is 356 g/mol. The third-order valence-corrected chi connectivity index (χ3v) is 4.28. The Hall–Kier alpha value is -2.96. The van der Waals surface area contributed by atoms with E-state index in [-0.39, 0.29) is 11.7 Å². The molecule has 1 aliphatic rings. The molecule has 1 aromatic heterocycles. The number of amides is 1. The van der Waals surface area contributed by atoms with Crippen LogP contribution in [0, 0.1) is 0 Å². The Morgan fingerprint density at radius 3 is 2.46 bits per heavy atom. The first-order valence-corrected chi connectivity index (χ1v) is 8.81. The zero-order chi connectivity index (χ0) is 18.4. The highest BCUT2D eigenvalue weighted by Gasteiger charge is 2.25. The largest absolute Gasteiger partial charge is 0.508 e. The molecule has 0 spiro atoms. The number of phenols is 1. The van der Waals surface area contributed by atoms with Gasteiger partial charge in [-0.2, -0.15) is 0 Å². The lowest BCUT2D eigenvalue weighted by molar-refractivity contribution is 0.0657. The number of benzene rings is 1. The number of hydrogen-bond donors (Lipinski definition) is 2. The van der Waals surface area contributed by atoms with Gasteiger partial charge in [-0.05, 0) is 36.8 Å². The second-order valence-corrected chi connectivity index (χ2v) is 6.09. The fourth-order valence-electron chi connectivity index (χ4n) is 2.87. The van der Waals surface area contributed by atoms with Gasteiger partial charge in [0.1, 0.15) is 5.75 Å². The maximum atomic E-state index is 12.3. The van der Waals surface area contributed by atoms with Crippen LogP contribution >= 0.6 is 0 Å². The molecular weight excluding hydrogens is 332 g/mol. The molecule has 26 heavy (non-hydrogen) atoms. The van der Waals surface area contributed by atoms with E-state index in [0.29, 0.717) is 38.5 Å². The number of hydrogen-bond acceptors (Lipinski definition) is 4. The SMILES string of the molecule is CCNC(=NCc1ccc(O)cc1)N1CCN(C(=O)c2ccco2)CC1. The van der Waals surface area contributed by atoms with Gasteiger partial charge in [-0.3, -0.25) is 4.79 Å². The second-order valence-electron chi connectivity index (χ2n) is 6.09. The first kappa shape index (κ1) is 17.8. The maximum Gasteiger partial charge on any atom is 0.289 e. The Bertz CT molecular complexity index is 733. The molecule has 1 saturated heterocycles. The van der Waals surface area contributed by atoms with E-state index in [1.54, 1.807) is 29.2 Å². The molecule has 0 bridgehead atoms. The molecular formula is C19H24N4O3. The predicted molar refractivity (Wildman–Crippen MR) is 99.1 cm³/mol. The summed E-state index contributed by atoms with van der Waals surface area (Å²) in [7, 11) is 0. The van der Waals surface area contributed by atoms with Gasteiger partial charge in [0.25, 0.3) is 5.91 Å². The summed E-state index contributed by atoms with van der Waals surface area (Å²) in [6, 6.07) is 10.5. The molecule has 3 rings (SSSR count). The summed E-state index contributed by atoms with van der Waals surface area (Å²) in [5, 5.41) is 12.7. The van der Waals surface area contributed by atoms with Crippen LogP contribution in [0.1, 0.15) is 23.0 Å². The van der Waals surface area contributed by atoms with Crippen molar-refractivity contribution in [3.8, 4) is 5.75 Å². The lowest BCUT2D eigenvalue weighted by atomic mass is 10.2. The van der Waals surface area contributed by atoms with Crippen LogP contribution in [0.25, 0.3) is 0 Å². The number of nitrogens with zero attached hydrogens (tertiary/aromatic N) is 3. The van der Waals surface area contributed by atoms with Crippen LogP contribution in [0.15, 0.2) is 52.1 Å². The summed E-state index contributed by atoms with van der Waals surface area (Å²) in [6.45, 7) is 6.04. The average molecular weight is 356 g/mol. The Morgan fingerprint density at radius 1 is 1.15 bits per heavy atom. The summed E-state index contributed by atoms with van der Waals surface area (Å²) in [5.41, 5.74) is 1.03. The van der Waals surface area contributed by atoms with Crippen molar-refractivity contribution in [3.05, 3.63) is 54.0 Å². The zero-order valence-corrected chi connectivity index (χ0v) is 14.9. The summed E-state index contributed by atoms with van der Waals surface area (Å²) in [6.07, 6.45) is 1.52. The number of phenolic OH excluding ortho intramolecular Hbond substituents is 1. The number of guanidine groups is 1. The van der Waals surface area contributed by atoms with Crippen LogP contribution in [-0.2, 0) is 6.54 Å². The number of aromatic hydroxyl groups is 1. The van der Waals surface area contributed by atoms with Crippen LogP contribution in [-0.4, -0.2) is 59.5 Å². The van der Waals surface area contributed by atoms with E-state index < -0.39 is 0 Å². The lowest BCUT2D eigenvalue weighted by Crippen LogP contribution is -2.53. The van der Waals surface area contributed by atoms with Crippen LogP contribution in [0.3, 0.4) is 0 Å². The van der Waals surface area contributed by atoms with Gasteiger partial charge in [-0.15, -0.1) is 0 Å². The molecule has 0 atom stereocenters. The van der Waals surface area contributed by atoms with Crippen molar-refractivity contribution >= 4 is 11.9 Å². The molecule has 1 fully saturated rings. The smallest absolute Gasteiger partial charge is 0.289 e. The number of furan rings is 1. The summed E-state index contributed by atoms with van der Waals surface area (Å²) in [5.74, 6) is 1.40. The molecule has 0 radical (unpaired) electrons. The highest BCUT2D eigenvalue weighted by atomic mass is 16.3. The van der Waals surface area contributed by atoms with Crippen LogP contribution < -0.4 is 5.32 Å². The van der Waals surface area contributed by atoms with Gasteiger partial charge in [0, 0.05) is 32.7 Å². The fraction of sp³-hybridized carbons (Fsp3) is 0.368. The average Bonchev–Trinajstić information content (AvgIpc) is 3.21. The third kappa shape index (κ3) is 4.36. The summed E-state index contributed by atoms with van der Waals surface area (Å²) in [4.78, 5) is 21.0. The minimum atomic E-state index is -0.0688. The lowest BCUT2D eigenvalue weighted by Gasteiger charge is -2.36. The molecule has 0 unspecified atom stereocenters. The molecule has 7 nitrogen and oxygen atoms in total. The van der Waals surface area contributed by atoms with E-state index in [1.807, 2.05) is 19.1 Å². The Morgan fingerprint density at radius 2 is 1.85 bits per heavy atom. The number of carbonyl (C=O) groups is 1. The molecule has 0 aliphatic carbocycles. The van der Waals surface area contributed by atoms with Gasteiger partial charge >= 0.3 is 0 Å². The van der Waals surface area contributed by atoms with Crippen LogP contribution in [0.2, 0.25) is 0 Å². The highest BCUT2D eigenvalue weighted by Crippen LogP contribution is 2.12. The van der Waals surface area contributed by atoms with Crippen molar-refractivity contribution in [2.75, 3.05) is 32.7 Å². The molecule has 1 amide bonds. The molecule has 0 saturated carbocycles. The number of nitrogens with one attached hydrogen (secondary N) is 1. The predicted octanol–water partition coefficient (Wildman–Crippen LogP) is 1.91. The van der Waals surface area contributed by atoms with E-state index in [1.165, 1.54) is 6.26 Å². The topological polar surface area (TPSA) is 81.3 Å². The maximum absolute atomic E-state index is 12.3. The van der Waals surface area contributed by atoms with Crippen molar-refractivity contribution in [1.29, 1.82) is 0 Å². The Kier molecular flexibility index (Phi) is 5.78. The van der Waals surface area contributed by atoms with Crippen molar-refractivity contribution in [3.63, 3.8) is 0 Å². The van der Waals surface area contributed by atoms with E-state index >= 15 is 0 Å². The molecule has 7 heteroatoms. The minimum Gasteiger partial charge on any atom is -0.508 e. The van der Waals surface area contributed by atoms with Gasteiger partial charge in [-0.25, -0.2) is 4.99 Å². The van der Waals surface area contributed by atoms with Crippen molar-refractivity contribution < 1.29 is 14.3 Å². The Labute approximate surface area is 152 Å². The number of aliphatic imine (C=N–C) groups is 1. The number of carbonyl (C=O) groups excluding carboxylic acids is 1. The van der Waals surface area contributed by atoms with Crippen LogP contribution in [0.5, 0.6) is 5.75 Å². The minimum absolute atomic E-state index is 0.0688. The number of piperazine rings is 1. The first-order valence-electron chi connectivity index (χ1n) is 8.81. The highest BCUT2D eigenvalue weighted by molar-refractivity contribution is 5.91. The van der Waals surface area contributed by atoms with E-state index in [9.17, 15) is 9.90 Å². The molecule has 2 heterocycles. The van der Waals surface area contributed by atoms with Crippen LogP contribution in [0.4, 0.5) is 0 Å². The van der Waals surface area contributed by atoms with Gasteiger partial charge in [-0.1, -0.05) is 12.1 Å². The standard InChI is InChI=1S/C19H24N4O3/c1-2-20-19(21-14-15-5-7-16(24)8-6-15)23-11-9-22(10-12-23)18(25)17-4-3-13-26-17/h3-8,13,24H,2,9-12,14H2,1H3,(H,20,21). The van der Waals surface area contributed by atoms with Crippen molar-refractivity contribution in [1.82, 2.24) is 15.1 Å². The van der Waals surface area contributed by atoms with E-state index in [4.69, 9.17) is 4.42 Å². The third-order valence-electron chi connectivity index (χ3n) is 4.28. The first-order chi connectivity index (χ1) is 12.7. The molecule has 1 aromatic carbocycles. The summed E-state index contributed by atoms with van der Waals surface area (Å²) < 4.78 is 5.20. The van der Waals surface area contributed by atoms with E-state index in [0.717, 1.165) is 18.1 Å². The van der Waals surface area contributed by atoms with Gasteiger partial charge in [0.05, 0.1) is 12.8 Å². The normalized spacial score (nSPS) is 15.2. The van der Waals surface area contributed by atoms with Gasteiger partial charge in [0.15, 0.2) is 11.7 Å². The van der Waals surface area contributed by atoms with Crippen molar-refractivity contribution in [2.45, 2.75) is 13.5 Å². The second kappa shape index (κ2) is 8.42.